The molecule has 5 nitrogen and oxygen atoms in total. The lowest BCUT2D eigenvalue weighted by Crippen LogP contribution is -2.32. The quantitative estimate of drug-likeness (QED) is 0.795. The molecule has 0 saturated carbocycles. The smallest absolute Gasteiger partial charge is 0.319 e. The zero-order chi connectivity index (χ0) is 15.2. The summed E-state index contributed by atoms with van der Waals surface area (Å²) in [6.07, 6.45) is -0.688. The fourth-order valence-corrected chi connectivity index (χ4v) is 2.77. The van der Waals surface area contributed by atoms with Gasteiger partial charge in [-0.1, -0.05) is 0 Å². The van der Waals surface area contributed by atoms with Gasteiger partial charge in [0, 0.05) is 10.6 Å². The van der Waals surface area contributed by atoms with E-state index in [1.807, 2.05) is 18.4 Å². The maximum Gasteiger partial charge on any atom is 0.319 e. The number of nitrogens with one attached hydrogen (secondary N) is 2. The number of hydrogen-bond donors (Lipinski definition) is 3. The summed E-state index contributed by atoms with van der Waals surface area (Å²) in [5.74, 6) is 0.726. The molecule has 0 aliphatic rings. The number of ether oxygens (including phenoxy) is 1. The molecule has 0 radical (unpaired) electrons. The Bertz CT molecular complexity index is 595. The number of methoxy groups -OCH3 is 1. The molecule has 2 amide bonds. The van der Waals surface area contributed by atoms with Crippen LogP contribution in [0.4, 0.5) is 10.5 Å². The van der Waals surface area contributed by atoms with Crippen molar-refractivity contribution in [3.63, 3.8) is 0 Å². The molecule has 2 rings (SSSR count). The molecule has 21 heavy (non-hydrogen) atoms. The Morgan fingerprint density at radius 2 is 2.05 bits per heavy atom. The van der Waals surface area contributed by atoms with Crippen molar-refractivity contribution in [1.29, 1.82) is 0 Å². The number of urea groups is 1. The van der Waals surface area contributed by atoms with Gasteiger partial charge >= 0.3 is 6.03 Å². The van der Waals surface area contributed by atoms with E-state index in [1.165, 1.54) is 11.3 Å². The van der Waals surface area contributed by atoms with Crippen molar-refractivity contribution in [2.45, 2.75) is 13.0 Å². The lowest BCUT2D eigenvalue weighted by Gasteiger charge is -2.12. The van der Waals surface area contributed by atoms with Crippen molar-refractivity contribution in [3.8, 4) is 5.75 Å². The molecule has 0 aliphatic heterocycles. The third kappa shape index (κ3) is 4.21. The highest BCUT2D eigenvalue weighted by molar-refractivity contribution is 7.10. The van der Waals surface area contributed by atoms with Crippen LogP contribution in [0.2, 0.25) is 0 Å². The summed E-state index contributed by atoms with van der Waals surface area (Å²) in [5, 5.41) is 17.3. The highest BCUT2D eigenvalue weighted by Crippen LogP contribution is 2.23. The summed E-state index contributed by atoms with van der Waals surface area (Å²) in [5.41, 5.74) is 1.69. The Kier molecular flexibility index (Phi) is 5.19. The second-order valence-corrected chi connectivity index (χ2v) is 5.49. The Morgan fingerprint density at radius 3 is 2.62 bits per heavy atom. The van der Waals surface area contributed by atoms with Gasteiger partial charge in [-0.05, 0) is 48.2 Å². The molecule has 0 saturated heterocycles. The van der Waals surface area contributed by atoms with E-state index >= 15 is 0 Å². The summed E-state index contributed by atoms with van der Waals surface area (Å²) in [6.45, 7) is 2.11. The molecular formula is C15H18N2O3S. The molecule has 1 atom stereocenters. The highest BCUT2D eigenvalue weighted by Gasteiger charge is 2.13. The molecule has 112 valence electrons. The first-order valence-electron chi connectivity index (χ1n) is 6.51. The zero-order valence-corrected chi connectivity index (χ0v) is 12.7. The normalized spacial score (nSPS) is 11.8. The third-order valence-electron chi connectivity index (χ3n) is 3.01. The average molecular weight is 306 g/mol. The number of carbonyl (C=O) groups excluding carboxylic acids is 1. The predicted molar refractivity (Wildman–Crippen MR) is 84.0 cm³/mol. The summed E-state index contributed by atoms with van der Waals surface area (Å²) >= 11 is 1.48. The molecule has 3 N–H and O–H groups in total. The molecule has 0 aliphatic carbocycles. The molecule has 1 heterocycles. The van der Waals surface area contributed by atoms with Crippen LogP contribution in [0.5, 0.6) is 5.75 Å². The second kappa shape index (κ2) is 7.10. The van der Waals surface area contributed by atoms with E-state index in [1.54, 1.807) is 31.4 Å². The zero-order valence-electron chi connectivity index (χ0n) is 11.9. The molecular weight excluding hydrogens is 288 g/mol. The summed E-state index contributed by atoms with van der Waals surface area (Å²) < 4.78 is 5.05. The largest absolute Gasteiger partial charge is 0.497 e. The van der Waals surface area contributed by atoms with Crippen LogP contribution in [0.1, 0.15) is 16.5 Å². The molecule has 1 unspecified atom stereocenters. The topological polar surface area (TPSA) is 70.6 Å². The molecule has 0 bridgehead atoms. The van der Waals surface area contributed by atoms with E-state index in [9.17, 15) is 9.90 Å². The Morgan fingerprint density at radius 1 is 1.33 bits per heavy atom. The van der Waals surface area contributed by atoms with Gasteiger partial charge in [0.25, 0.3) is 0 Å². The van der Waals surface area contributed by atoms with Crippen molar-refractivity contribution in [1.82, 2.24) is 5.32 Å². The van der Waals surface area contributed by atoms with Gasteiger partial charge in [-0.15, -0.1) is 11.3 Å². The van der Waals surface area contributed by atoms with Crippen molar-refractivity contribution < 1.29 is 14.6 Å². The molecule has 1 aromatic heterocycles. The molecule has 0 fully saturated rings. The minimum atomic E-state index is -0.688. The number of hydrogen-bond acceptors (Lipinski definition) is 4. The number of amides is 2. The van der Waals surface area contributed by atoms with E-state index in [4.69, 9.17) is 4.74 Å². The van der Waals surface area contributed by atoms with Crippen LogP contribution in [-0.4, -0.2) is 24.8 Å². The number of aliphatic hydroxyl groups is 1. The molecule has 1 aromatic carbocycles. The van der Waals surface area contributed by atoms with Crippen molar-refractivity contribution in [3.05, 3.63) is 46.2 Å². The first kappa shape index (κ1) is 15.3. The fraction of sp³-hybridized carbons (Fsp3) is 0.267. The van der Waals surface area contributed by atoms with E-state index in [0.29, 0.717) is 5.69 Å². The second-order valence-electron chi connectivity index (χ2n) is 4.55. The number of anilines is 1. The SMILES string of the molecule is COc1ccc(NC(=O)NCC(O)c2sccc2C)cc1. The monoisotopic (exact) mass is 306 g/mol. The summed E-state index contributed by atoms with van der Waals surface area (Å²) in [6, 6.07) is 8.62. The van der Waals surface area contributed by atoms with Gasteiger partial charge in [-0.3, -0.25) is 0 Å². The van der Waals surface area contributed by atoms with Crippen LogP contribution in [0.15, 0.2) is 35.7 Å². The summed E-state index contributed by atoms with van der Waals surface area (Å²) in [7, 11) is 1.59. The predicted octanol–water partition coefficient (Wildman–Crippen LogP) is 2.92. The molecule has 0 spiro atoms. The van der Waals surface area contributed by atoms with Crippen LogP contribution in [0.25, 0.3) is 0 Å². The van der Waals surface area contributed by atoms with Crippen LogP contribution in [0, 0.1) is 6.92 Å². The number of aryl methyl sites for hydroxylation is 1. The van der Waals surface area contributed by atoms with E-state index < -0.39 is 6.10 Å². The van der Waals surface area contributed by atoms with Gasteiger partial charge in [0.05, 0.1) is 13.7 Å². The lowest BCUT2D eigenvalue weighted by atomic mass is 10.2. The van der Waals surface area contributed by atoms with Gasteiger partial charge in [0.2, 0.25) is 0 Å². The summed E-state index contributed by atoms with van der Waals surface area (Å²) in [4.78, 5) is 12.6. The van der Waals surface area contributed by atoms with Crippen LogP contribution >= 0.6 is 11.3 Å². The Hall–Kier alpha value is -2.05. The minimum Gasteiger partial charge on any atom is -0.497 e. The number of thiophene rings is 1. The maximum atomic E-state index is 11.8. The van der Waals surface area contributed by atoms with Gasteiger partial charge in [-0.2, -0.15) is 0 Å². The first-order chi connectivity index (χ1) is 10.1. The van der Waals surface area contributed by atoms with Crippen molar-refractivity contribution >= 4 is 23.1 Å². The maximum absolute atomic E-state index is 11.8. The van der Waals surface area contributed by atoms with Gasteiger partial charge in [0.1, 0.15) is 11.9 Å². The molecule has 2 aromatic rings. The van der Waals surface area contributed by atoms with Gasteiger partial charge in [-0.25, -0.2) is 4.79 Å². The van der Waals surface area contributed by atoms with E-state index in [2.05, 4.69) is 10.6 Å². The van der Waals surface area contributed by atoms with Gasteiger partial charge in [0.15, 0.2) is 0 Å². The lowest BCUT2D eigenvalue weighted by molar-refractivity contribution is 0.178. The number of rotatable bonds is 5. The van der Waals surface area contributed by atoms with Gasteiger partial charge < -0.3 is 20.5 Å². The van der Waals surface area contributed by atoms with Crippen LogP contribution in [-0.2, 0) is 0 Å². The van der Waals surface area contributed by atoms with Crippen LogP contribution in [0.3, 0.4) is 0 Å². The van der Waals surface area contributed by atoms with Crippen molar-refractivity contribution in [2.24, 2.45) is 0 Å². The van der Waals surface area contributed by atoms with E-state index in [-0.39, 0.29) is 12.6 Å². The molecule has 6 heteroatoms. The minimum absolute atomic E-state index is 0.170. The highest BCUT2D eigenvalue weighted by atomic mass is 32.1. The fourth-order valence-electron chi connectivity index (χ4n) is 1.86. The third-order valence-corrected chi connectivity index (χ3v) is 4.13. The van der Waals surface area contributed by atoms with Crippen LogP contribution < -0.4 is 15.4 Å². The Balaban J connectivity index is 1.83. The van der Waals surface area contributed by atoms with E-state index in [0.717, 1.165) is 16.2 Å². The Labute approximate surface area is 127 Å². The first-order valence-corrected chi connectivity index (χ1v) is 7.39. The average Bonchev–Trinajstić information content (AvgIpc) is 2.92. The number of carbonyl (C=O) groups is 1. The number of aliphatic hydroxyl groups excluding tert-OH is 1. The number of benzene rings is 1. The standard InChI is InChI=1S/C15H18N2O3S/c1-10-7-8-21-14(10)13(18)9-16-15(19)17-11-3-5-12(20-2)6-4-11/h3-8,13,18H,9H2,1-2H3,(H2,16,17,19). The van der Waals surface area contributed by atoms with Crippen molar-refractivity contribution in [2.75, 3.05) is 19.0 Å².